The smallest absolute Gasteiger partial charge is 0.146 e. The van der Waals surface area contributed by atoms with Crippen molar-refractivity contribution in [3.63, 3.8) is 0 Å². The summed E-state index contributed by atoms with van der Waals surface area (Å²) in [5.74, 6) is -0.558. The summed E-state index contributed by atoms with van der Waals surface area (Å²) in [5.41, 5.74) is 6.31. The van der Waals surface area contributed by atoms with Gasteiger partial charge in [-0.25, -0.2) is 4.39 Å². The summed E-state index contributed by atoms with van der Waals surface area (Å²) in [6, 6.07) is 3.78. The van der Waals surface area contributed by atoms with Crippen molar-refractivity contribution in [2.24, 2.45) is 5.73 Å². The molecule has 1 rings (SSSR count). The molecule has 0 saturated carbocycles. The average Bonchev–Trinajstić information content (AvgIpc) is 2.11. The van der Waals surface area contributed by atoms with E-state index in [-0.39, 0.29) is 10.8 Å². The van der Waals surface area contributed by atoms with Crippen LogP contribution in [0.15, 0.2) is 18.2 Å². The molecule has 0 radical (unpaired) electrons. The zero-order valence-corrected chi connectivity index (χ0v) is 8.51. The van der Waals surface area contributed by atoms with E-state index in [1.54, 1.807) is 6.07 Å². The zero-order valence-electron chi connectivity index (χ0n) is 7.76. The molecular formula is C10H11ClFNO. The summed E-state index contributed by atoms with van der Waals surface area (Å²) < 4.78 is 12.8. The Labute approximate surface area is 86.9 Å². The highest BCUT2D eigenvalue weighted by Gasteiger charge is 2.10. The molecule has 0 fully saturated rings. The number of ketones is 1. The lowest BCUT2D eigenvalue weighted by atomic mass is 10.0. The summed E-state index contributed by atoms with van der Waals surface area (Å²) in [4.78, 5) is 10.9. The third kappa shape index (κ3) is 2.79. The molecule has 0 aliphatic carbocycles. The summed E-state index contributed by atoms with van der Waals surface area (Å²) in [7, 11) is 0. The molecule has 2 N–H and O–H groups in total. The molecule has 2 nitrogen and oxygen atoms in total. The van der Waals surface area contributed by atoms with E-state index in [9.17, 15) is 9.18 Å². The van der Waals surface area contributed by atoms with Crippen LogP contribution in [0, 0.1) is 5.82 Å². The van der Waals surface area contributed by atoms with Gasteiger partial charge in [0.1, 0.15) is 11.6 Å². The van der Waals surface area contributed by atoms with Crippen molar-refractivity contribution in [1.82, 2.24) is 0 Å². The first-order chi connectivity index (χ1) is 6.50. The van der Waals surface area contributed by atoms with Gasteiger partial charge in [0.2, 0.25) is 0 Å². The lowest BCUT2D eigenvalue weighted by Crippen LogP contribution is -2.30. The first-order valence-corrected chi connectivity index (χ1v) is 4.58. The predicted molar refractivity (Wildman–Crippen MR) is 53.8 cm³/mol. The maximum atomic E-state index is 12.8. The SMILES string of the molecule is CC(=O)C(N)Cc1ccc(F)c(Cl)c1. The van der Waals surface area contributed by atoms with Crippen LogP contribution in [0.5, 0.6) is 0 Å². The maximum Gasteiger partial charge on any atom is 0.146 e. The van der Waals surface area contributed by atoms with E-state index >= 15 is 0 Å². The van der Waals surface area contributed by atoms with Crippen molar-refractivity contribution in [2.75, 3.05) is 0 Å². The number of benzene rings is 1. The molecule has 76 valence electrons. The molecule has 0 aliphatic rings. The average molecular weight is 216 g/mol. The number of halogens is 2. The van der Waals surface area contributed by atoms with Gasteiger partial charge < -0.3 is 5.73 Å². The minimum Gasteiger partial charge on any atom is -0.321 e. The Balaban J connectivity index is 2.78. The fourth-order valence-electron chi connectivity index (χ4n) is 1.06. The van der Waals surface area contributed by atoms with Crippen molar-refractivity contribution in [3.05, 3.63) is 34.6 Å². The van der Waals surface area contributed by atoms with Gasteiger partial charge in [0.05, 0.1) is 11.1 Å². The van der Waals surface area contributed by atoms with Gasteiger partial charge in [-0.05, 0) is 31.0 Å². The Morgan fingerprint density at radius 3 is 2.79 bits per heavy atom. The highest BCUT2D eigenvalue weighted by atomic mass is 35.5. The number of hydrogen-bond acceptors (Lipinski definition) is 2. The molecule has 1 unspecified atom stereocenters. The molecule has 0 bridgehead atoms. The lowest BCUT2D eigenvalue weighted by molar-refractivity contribution is -0.118. The van der Waals surface area contributed by atoms with Gasteiger partial charge in [-0.3, -0.25) is 4.79 Å². The molecule has 0 heterocycles. The molecule has 0 aliphatic heterocycles. The second-order valence-corrected chi connectivity index (χ2v) is 3.58. The zero-order chi connectivity index (χ0) is 10.7. The Hall–Kier alpha value is -0.930. The molecule has 1 atom stereocenters. The molecule has 0 spiro atoms. The van der Waals surface area contributed by atoms with Crippen molar-refractivity contribution in [2.45, 2.75) is 19.4 Å². The minimum absolute atomic E-state index is 0.0539. The van der Waals surface area contributed by atoms with Gasteiger partial charge >= 0.3 is 0 Å². The molecule has 0 amide bonds. The fraction of sp³-hybridized carbons (Fsp3) is 0.300. The van der Waals surface area contributed by atoms with Gasteiger partial charge in [-0.1, -0.05) is 17.7 Å². The van der Waals surface area contributed by atoms with Crippen LogP contribution in [0.2, 0.25) is 5.02 Å². The molecule has 0 saturated heterocycles. The molecule has 14 heavy (non-hydrogen) atoms. The Morgan fingerprint density at radius 2 is 2.29 bits per heavy atom. The highest BCUT2D eigenvalue weighted by Crippen LogP contribution is 2.16. The predicted octanol–water partition coefficient (Wildman–Crippen LogP) is 1.94. The van der Waals surface area contributed by atoms with E-state index < -0.39 is 11.9 Å². The topological polar surface area (TPSA) is 43.1 Å². The Morgan fingerprint density at radius 1 is 1.64 bits per heavy atom. The molecule has 1 aromatic rings. The van der Waals surface area contributed by atoms with Crippen molar-refractivity contribution < 1.29 is 9.18 Å². The number of rotatable bonds is 3. The third-order valence-electron chi connectivity index (χ3n) is 1.96. The van der Waals surface area contributed by atoms with Crippen LogP contribution in [-0.2, 0) is 11.2 Å². The largest absolute Gasteiger partial charge is 0.321 e. The van der Waals surface area contributed by atoms with Crippen LogP contribution < -0.4 is 5.73 Å². The highest BCUT2D eigenvalue weighted by molar-refractivity contribution is 6.30. The third-order valence-corrected chi connectivity index (χ3v) is 2.25. The first-order valence-electron chi connectivity index (χ1n) is 4.20. The second-order valence-electron chi connectivity index (χ2n) is 3.17. The van der Waals surface area contributed by atoms with Crippen molar-refractivity contribution >= 4 is 17.4 Å². The fourth-order valence-corrected chi connectivity index (χ4v) is 1.27. The standard InChI is InChI=1S/C10H11ClFNO/c1-6(14)10(13)5-7-2-3-9(12)8(11)4-7/h2-4,10H,5,13H2,1H3. The van der Waals surface area contributed by atoms with Gasteiger partial charge in [0, 0.05) is 0 Å². The number of carbonyl (C=O) groups is 1. The van der Waals surface area contributed by atoms with Crippen LogP contribution in [-0.4, -0.2) is 11.8 Å². The van der Waals surface area contributed by atoms with E-state index in [2.05, 4.69) is 0 Å². The van der Waals surface area contributed by atoms with Crippen LogP contribution in [0.1, 0.15) is 12.5 Å². The van der Waals surface area contributed by atoms with E-state index in [0.29, 0.717) is 6.42 Å². The number of nitrogens with two attached hydrogens (primary N) is 1. The number of carbonyl (C=O) groups excluding carboxylic acids is 1. The molecule has 1 aromatic carbocycles. The Kier molecular flexibility index (Phi) is 3.61. The van der Waals surface area contributed by atoms with Gasteiger partial charge in [0.15, 0.2) is 0 Å². The van der Waals surface area contributed by atoms with E-state index in [0.717, 1.165) is 5.56 Å². The summed E-state index contributed by atoms with van der Waals surface area (Å²) in [6.07, 6.45) is 0.384. The van der Waals surface area contributed by atoms with Gasteiger partial charge in [0.25, 0.3) is 0 Å². The quantitative estimate of drug-likeness (QED) is 0.838. The molecular weight excluding hydrogens is 205 g/mol. The molecule has 4 heteroatoms. The van der Waals surface area contributed by atoms with Gasteiger partial charge in [-0.15, -0.1) is 0 Å². The Bertz CT molecular complexity index is 354. The maximum absolute atomic E-state index is 12.8. The number of hydrogen-bond donors (Lipinski definition) is 1. The lowest BCUT2D eigenvalue weighted by Gasteiger charge is -2.07. The van der Waals surface area contributed by atoms with Crippen LogP contribution >= 0.6 is 11.6 Å². The normalized spacial score (nSPS) is 12.6. The van der Waals surface area contributed by atoms with Crippen LogP contribution in [0.3, 0.4) is 0 Å². The van der Waals surface area contributed by atoms with Crippen molar-refractivity contribution in [3.8, 4) is 0 Å². The summed E-state index contributed by atoms with van der Waals surface area (Å²) in [5, 5.41) is 0.0539. The minimum atomic E-state index is -0.545. The van der Waals surface area contributed by atoms with E-state index in [4.69, 9.17) is 17.3 Å². The summed E-state index contributed by atoms with van der Waals surface area (Å²) in [6.45, 7) is 1.43. The summed E-state index contributed by atoms with van der Waals surface area (Å²) >= 11 is 5.58. The van der Waals surface area contributed by atoms with E-state index in [1.165, 1.54) is 19.1 Å². The van der Waals surface area contributed by atoms with E-state index in [1.807, 2.05) is 0 Å². The van der Waals surface area contributed by atoms with Crippen LogP contribution in [0.25, 0.3) is 0 Å². The van der Waals surface area contributed by atoms with Gasteiger partial charge in [-0.2, -0.15) is 0 Å². The number of Topliss-reactive ketones (excluding diaryl/α,β-unsaturated/α-hetero) is 1. The van der Waals surface area contributed by atoms with Crippen molar-refractivity contribution in [1.29, 1.82) is 0 Å². The second kappa shape index (κ2) is 4.53. The first kappa shape index (κ1) is 11.1. The monoisotopic (exact) mass is 215 g/mol. The van der Waals surface area contributed by atoms with Crippen LogP contribution in [0.4, 0.5) is 4.39 Å². The molecule has 0 aromatic heterocycles.